The summed E-state index contributed by atoms with van der Waals surface area (Å²) in [5.74, 6) is -3.50. The number of carbonyl (C=O) groups is 5. The number of amides is 3. The van der Waals surface area contributed by atoms with Crippen molar-refractivity contribution in [1.29, 1.82) is 0 Å². The van der Waals surface area contributed by atoms with E-state index >= 15 is 0 Å². The maximum absolute atomic E-state index is 13.9. The molecule has 2 aromatic rings. The van der Waals surface area contributed by atoms with Gasteiger partial charge in [-0.2, -0.15) is 11.8 Å². The van der Waals surface area contributed by atoms with Crippen molar-refractivity contribution in [2.45, 2.75) is 128 Å². The Hall–Kier alpha value is -4.10. The summed E-state index contributed by atoms with van der Waals surface area (Å²) < 4.78 is 16.6. The van der Waals surface area contributed by atoms with Crippen molar-refractivity contribution >= 4 is 41.6 Å². The number of esters is 1. The summed E-state index contributed by atoms with van der Waals surface area (Å²) in [5.41, 5.74) is 2.70. The van der Waals surface area contributed by atoms with Crippen LogP contribution in [0.25, 0.3) is 11.1 Å². The quantitative estimate of drug-likeness (QED) is 0.164. The fraction of sp³-hybridized carbons (Fsp3) is 0.564. The van der Waals surface area contributed by atoms with Crippen molar-refractivity contribution in [1.82, 2.24) is 16.0 Å². The van der Waals surface area contributed by atoms with E-state index in [1.807, 2.05) is 69.3 Å². The minimum atomic E-state index is -1.41. The third-order valence-electron chi connectivity index (χ3n) is 7.90. The molecule has 0 fully saturated rings. The molecular weight excluding hydrogens is 687 g/mol. The average molecular weight is 742 g/mol. The molecular formula is C39H55N3O9S. The Morgan fingerprint density at radius 3 is 1.81 bits per heavy atom. The van der Waals surface area contributed by atoms with Crippen LogP contribution in [0, 0.1) is 0 Å². The molecule has 3 rings (SSSR count). The molecule has 2 aromatic carbocycles. The number of aliphatic carboxylic acids is 1. The molecule has 0 bridgehead atoms. The molecule has 4 N–H and O–H groups in total. The van der Waals surface area contributed by atoms with E-state index in [1.54, 1.807) is 48.5 Å². The van der Waals surface area contributed by atoms with Gasteiger partial charge < -0.3 is 35.3 Å². The van der Waals surface area contributed by atoms with Gasteiger partial charge in [0.05, 0.1) is 11.7 Å². The Labute approximate surface area is 311 Å². The van der Waals surface area contributed by atoms with Crippen molar-refractivity contribution in [3.8, 4) is 11.1 Å². The SMILES string of the molecule is C[C@H](OC(C)(C)C)[C@H](NC(=O)[C@@H](CSC(C)(C)C)NC(=O)[C@@H](CCC(=O)OC(C)(C)C)NC(=O)OCC1c2ccccc2-c2ccccc21)C(=O)O. The molecule has 1 aliphatic rings. The summed E-state index contributed by atoms with van der Waals surface area (Å²) in [6.07, 6.45) is -2.14. The van der Waals surface area contributed by atoms with Gasteiger partial charge in [-0.25, -0.2) is 9.59 Å². The molecule has 0 unspecified atom stereocenters. The number of benzene rings is 2. The molecule has 3 amide bonds. The summed E-state index contributed by atoms with van der Waals surface area (Å²) in [6.45, 7) is 17.8. The standard InChI is InChI=1S/C39H55N3O9S/c1-23(50-37(2,3)4)32(35(46)47)42-34(45)30(22-52-39(8,9)10)40-33(44)29(19-20-31(43)51-38(5,6)7)41-36(48)49-21-28-26-17-13-11-15-24(26)25-16-12-14-18-27(25)28/h11-18,23,28-30,32H,19-22H2,1-10H3,(H,40,44)(H,41,48)(H,42,45)(H,46,47)/t23-,29+,30+,32-/m0/s1. The monoisotopic (exact) mass is 741 g/mol. The lowest BCUT2D eigenvalue weighted by atomic mass is 9.98. The van der Waals surface area contributed by atoms with Gasteiger partial charge in [-0.3, -0.25) is 14.4 Å². The molecule has 0 radical (unpaired) electrons. The van der Waals surface area contributed by atoms with Gasteiger partial charge in [0, 0.05) is 22.8 Å². The van der Waals surface area contributed by atoms with Crippen molar-refractivity contribution in [2.24, 2.45) is 0 Å². The van der Waals surface area contributed by atoms with Crippen molar-refractivity contribution in [2.75, 3.05) is 12.4 Å². The van der Waals surface area contributed by atoms with Crippen LogP contribution in [0.3, 0.4) is 0 Å². The number of thioether (sulfide) groups is 1. The molecule has 0 heterocycles. The van der Waals surface area contributed by atoms with Gasteiger partial charge >= 0.3 is 18.0 Å². The second-order valence-electron chi connectivity index (χ2n) is 15.9. The first-order valence-corrected chi connectivity index (χ1v) is 18.5. The largest absolute Gasteiger partial charge is 0.480 e. The van der Waals surface area contributed by atoms with E-state index in [9.17, 15) is 29.1 Å². The van der Waals surface area contributed by atoms with Crippen LogP contribution in [-0.4, -0.2) is 87.5 Å². The number of rotatable bonds is 15. The number of nitrogens with one attached hydrogen (secondary N) is 3. The highest BCUT2D eigenvalue weighted by Crippen LogP contribution is 2.44. The summed E-state index contributed by atoms with van der Waals surface area (Å²) in [4.78, 5) is 65.7. The number of ether oxygens (including phenoxy) is 3. The third-order valence-corrected chi connectivity index (χ3v) is 9.26. The van der Waals surface area contributed by atoms with E-state index in [4.69, 9.17) is 14.2 Å². The zero-order valence-electron chi connectivity index (χ0n) is 32.0. The maximum Gasteiger partial charge on any atom is 0.407 e. The normalized spacial score (nSPS) is 15.3. The number of hydrogen-bond acceptors (Lipinski definition) is 9. The highest BCUT2D eigenvalue weighted by atomic mass is 32.2. The number of carboxylic acids is 1. The highest BCUT2D eigenvalue weighted by Gasteiger charge is 2.35. The van der Waals surface area contributed by atoms with Gasteiger partial charge in [0.1, 0.15) is 24.3 Å². The van der Waals surface area contributed by atoms with Gasteiger partial charge in [-0.15, -0.1) is 0 Å². The average Bonchev–Trinajstić information content (AvgIpc) is 3.33. The van der Waals surface area contributed by atoms with Gasteiger partial charge in [-0.1, -0.05) is 69.3 Å². The van der Waals surface area contributed by atoms with Crippen LogP contribution in [0.15, 0.2) is 48.5 Å². The van der Waals surface area contributed by atoms with Gasteiger partial charge in [-0.05, 0) is 77.1 Å². The molecule has 13 heteroatoms. The highest BCUT2D eigenvalue weighted by molar-refractivity contribution is 8.00. The molecule has 0 saturated carbocycles. The minimum absolute atomic E-state index is 0.00108. The Morgan fingerprint density at radius 2 is 1.31 bits per heavy atom. The molecule has 0 aromatic heterocycles. The van der Waals surface area contributed by atoms with Crippen LogP contribution in [0.4, 0.5) is 4.79 Å². The molecule has 12 nitrogen and oxygen atoms in total. The third kappa shape index (κ3) is 13.1. The van der Waals surface area contributed by atoms with E-state index in [2.05, 4.69) is 16.0 Å². The van der Waals surface area contributed by atoms with Crippen LogP contribution in [0.5, 0.6) is 0 Å². The Bertz CT molecular complexity index is 1550. The summed E-state index contributed by atoms with van der Waals surface area (Å²) in [5, 5.41) is 17.8. The number of carboxylic acid groups (broad SMARTS) is 1. The topological polar surface area (TPSA) is 169 Å². The molecule has 52 heavy (non-hydrogen) atoms. The number of alkyl carbamates (subject to hydrolysis) is 1. The van der Waals surface area contributed by atoms with E-state index in [0.717, 1.165) is 22.3 Å². The zero-order valence-corrected chi connectivity index (χ0v) is 32.8. The summed E-state index contributed by atoms with van der Waals surface area (Å²) in [6, 6.07) is 11.9. The Balaban J connectivity index is 1.81. The van der Waals surface area contributed by atoms with Crippen molar-refractivity contribution in [3.63, 3.8) is 0 Å². The van der Waals surface area contributed by atoms with Crippen LogP contribution in [0.2, 0.25) is 0 Å². The first kappa shape index (κ1) is 42.3. The zero-order chi connectivity index (χ0) is 39.0. The lowest BCUT2D eigenvalue weighted by Crippen LogP contribution is -2.59. The summed E-state index contributed by atoms with van der Waals surface area (Å²) >= 11 is 1.39. The molecule has 1 aliphatic carbocycles. The lowest BCUT2D eigenvalue weighted by molar-refractivity contribution is -0.155. The van der Waals surface area contributed by atoms with Gasteiger partial charge in [0.15, 0.2) is 6.04 Å². The fourth-order valence-corrected chi connectivity index (χ4v) is 6.66. The molecule has 286 valence electrons. The first-order valence-electron chi connectivity index (χ1n) is 17.5. The number of carbonyl (C=O) groups excluding carboxylic acids is 4. The van der Waals surface area contributed by atoms with Crippen LogP contribution in [-0.2, 0) is 33.4 Å². The van der Waals surface area contributed by atoms with Crippen LogP contribution < -0.4 is 16.0 Å². The predicted octanol–water partition coefficient (Wildman–Crippen LogP) is 5.81. The Kier molecular flexibility index (Phi) is 14.3. The van der Waals surface area contributed by atoms with E-state index < -0.39 is 65.3 Å². The molecule has 0 saturated heterocycles. The second kappa shape index (κ2) is 17.6. The Morgan fingerprint density at radius 1 is 0.769 bits per heavy atom. The van der Waals surface area contributed by atoms with Crippen LogP contribution in [0.1, 0.15) is 99.1 Å². The molecule has 4 atom stereocenters. The van der Waals surface area contributed by atoms with Crippen LogP contribution >= 0.6 is 11.8 Å². The van der Waals surface area contributed by atoms with E-state index in [0.29, 0.717) is 0 Å². The lowest BCUT2D eigenvalue weighted by Gasteiger charge is -2.31. The van der Waals surface area contributed by atoms with Gasteiger partial charge in [0.25, 0.3) is 0 Å². The second-order valence-corrected chi connectivity index (χ2v) is 17.7. The fourth-order valence-electron chi connectivity index (χ4n) is 5.75. The maximum atomic E-state index is 13.9. The van der Waals surface area contributed by atoms with Gasteiger partial charge in [0.2, 0.25) is 11.8 Å². The van der Waals surface area contributed by atoms with E-state index in [1.165, 1.54) is 11.8 Å². The number of hydrogen-bond donors (Lipinski definition) is 4. The smallest absolute Gasteiger partial charge is 0.407 e. The molecule has 0 spiro atoms. The number of fused-ring (bicyclic) bond motifs is 3. The predicted molar refractivity (Wildman–Crippen MR) is 201 cm³/mol. The summed E-state index contributed by atoms with van der Waals surface area (Å²) in [7, 11) is 0. The van der Waals surface area contributed by atoms with Crippen molar-refractivity contribution in [3.05, 3.63) is 59.7 Å². The van der Waals surface area contributed by atoms with Crippen molar-refractivity contribution < 1.29 is 43.3 Å². The van der Waals surface area contributed by atoms with E-state index in [-0.39, 0.29) is 35.9 Å². The molecule has 0 aliphatic heterocycles. The minimum Gasteiger partial charge on any atom is -0.480 e. The first-order chi connectivity index (χ1) is 24.0.